The van der Waals surface area contributed by atoms with Gasteiger partial charge in [-0.15, -0.1) is 0 Å². The normalized spacial score (nSPS) is 14.4. The second-order valence-electron chi connectivity index (χ2n) is 5.59. The van der Waals surface area contributed by atoms with Crippen molar-refractivity contribution < 1.29 is 9.53 Å². The summed E-state index contributed by atoms with van der Waals surface area (Å²) in [6.07, 6.45) is 11.5. The minimum atomic E-state index is -1.45. The molecule has 1 N–H and O–H groups in total. The van der Waals surface area contributed by atoms with Crippen LogP contribution in [0.5, 0.6) is 0 Å². The van der Waals surface area contributed by atoms with Crippen molar-refractivity contribution in [2.24, 2.45) is 0 Å². The molecule has 0 fully saturated rings. The molecule has 0 heterocycles. The topological polar surface area (TPSA) is 29.5 Å². The lowest BCUT2D eigenvalue weighted by Gasteiger charge is -2.25. The van der Waals surface area contributed by atoms with E-state index in [1.807, 2.05) is 12.2 Å². The summed E-state index contributed by atoms with van der Waals surface area (Å²) in [6, 6.07) is 0. The van der Waals surface area contributed by atoms with Crippen molar-refractivity contribution in [3.63, 3.8) is 0 Å². The molecule has 0 saturated heterocycles. The largest absolute Gasteiger partial charge is 0.414 e. The Balaban J connectivity index is 3.97. The summed E-state index contributed by atoms with van der Waals surface area (Å²) >= 11 is 0. The molecule has 0 aromatic rings. The molecule has 3 heteroatoms. The Bertz CT molecular complexity index is 197. The van der Waals surface area contributed by atoms with Crippen molar-refractivity contribution in [1.82, 2.24) is 0 Å². The fourth-order valence-electron chi connectivity index (χ4n) is 1.85. The van der Waals surface area contributed by atoms with Gasteiger partial charge in [0, 0.05) is 6.10 Å². The van der Waals surface area contributed by atoms with Crippen molar-refractivity contribution in [3.05, 3.63) is 12.2 Å². The number of rotatable bonds is 10. The molecule has 0 aromatic carbocycles. The van der Waals surface area contributed by atoms with Gasteiger partial charge in [-0.3, -0.25) is 0 Å². The van der Waals surface area contributed by atoms with Crippen molar-refractivity contribution in [2.45, 2.75) is 71.2 Å². The average molecular weight is 258 g/mol. The lowest BCUT2D eigenvalue weighted by atomic mass is 10.1. The van der Waals surface area contributed by atoms with Gasteiger partial charge in [0.05, 0.1) is 6.61 Å². The standard InChI is InChI=1S/C14H30O2Si/c1-5-6-7-8-11-14(12-9-10-13-15)16-17(2,3)4/h9-10,14-15H,5-8,11-13H2,1-4H3. The number of aliphatic hydroxyl groups is 1. The molecule has 0 saturated carbocycles. The lowest BCUT2D eigenvalue weighted by Crippen LogP contribution is -2.31. The Hall–Kier alpha value is -0.123. The molecule has 0 rings (SSSR count). The molecular weight excluding hydrogens is 228 g/mol. The first-order valence-electron chi connectivity index (χ1n) is 6.93. The van der Waals surface area contributed by atoms with Gasteiger partial charge in [-0.05, 0) is 32.5 Å². The Labute approximate surface area is 108 Å². The van der Waals surface area contributed by atoms with Gasteiger partial charge in [0.15, 0.2) is 8.32 Å². The quantitative estimate of drug-likeness (QED) is 0.363. The predicted octanol–water partition coefficient (Wildman–Crippen LogP) is 4.12. The Morgan fingerprint density at radius 2 is 1.82 bits per heavy atom. The molecule has 0 bridgehead atoms. The third-order valence-corrected chi connectivity index (χ3v) is 3.61. The van der Waals surface area contributed by atoms with E-state index in [0.29, 0.717) is 6.10 Å². The van der Waals surface area contributed by atoms with Crippen LogP contribution in [0.25, 0.3) is 0 Å². The zero-order valence-electron chi connectivity index (χ0n) is 12.0. The molecule has 2 nitrogen and oxygen atoms in total. The molecule has 0 spiro atoms. The van der Waals surface area contributed by atoms with Gasteiger partial charge in [-0.1, -0.05) is 44.8 Å². The molecule has 17 heavy (non-hydrogen) atoms. The highest BCUT2D eigenvalue weighted by atomic mass is 28.4. The van der Waals surface area contributed by atoms with Crippen molar-refractivity contribution in [1.29, 1.82) is 0 Å². The molecule has 0 aromatic heterocycles. The molecule has 0 aliphatic rings. The highest BCUT2D eigenvalue weighted by molar-refractivity contribution is 6.69. The van der Waals surface area contributed by atoms with Crippen molar-refractivity contribution in [3.8, 4) is 0 Å². The van der Waals surface area contributed by atoms with E-state index in [9.17, 15) is 0 Å². The molecule has 1 atom stereocenters. The number of hydrogen-bond donors (Lipinski definition) is 1. The van der Waals surface area contributed by atoms with Crippen LogP contribution in [0.15, 0.2) is 12.2 Å². The Morgan fingerprint density at radius 1 is 1.12 bits per heavy atom. The van der Waals surface area contributed by atoms with E-state index in [0.717, 1.165) is 12.8 Å². The highest BCUT2D eigenvalue weighted by Gasteiger charge is 2.19. The first-order valence-corrected chi connectivity index (χ1v) is 10.3. The maximum Gasteiger partial charge on any atom is 0.184 e. The van der Waals surface area contributed by atoms with Gasteiger partial charge in [0.1, 0.15) is 0 Å². The lowest BCUT2D eigenvalue weighted by molar-refractivity contribution is 0.182. The first-order chi connectivity index (χ1) is 7.99. The third kappa shape index (κ3) is 12.1. The molecule has 1 unspecified atom stereocenters. The van der Waals surface area contributed by atoms with Crippen LogP contribution in [0.4, 0.5) is 0 Å². The summed E-state index contributed by atoms with van der Waals surface area (Å²) in [5.41, 5.74) is 0. The smallest absolute Gasteiger partial charge is 0.184 e. The van der Waals surface area contributed by atoms with E-state index >= 15 is 0 Å². The van der Waals surface area contributed by atoms with Crippen LogP contribution >= 0.6 is 0 Å². The zero-order chi connectivity index (χ0) is 13.1. The Kier molecular flexibility index (Phi) is 9.79. The van der Waals surface area contributed by atoms with Crippen LogP contribution in [0.2, 0.25) is 19.6 Å². The Morgan fingerprint density at radius 3 is 2.35 bits per heavy atom. The summed E-state index contributed by atoms with van der Waals surface area (Å²) in [4.78, 5) is 0. The van der Waals surface area contributed by atoms with Gasteiger partial charge in [0.2, 0.25) is 0 Å². The molecule has 0 aliphatic heterocycles. The minimum absolute atomic E-state index is 0.134. The summed E-state index contributed by atoms with van der Waals surface area (Å²) in [7, 11) is -1.45. The van der Waals surface area contributed by atoms with Crippen LogP contribution in [0.3, 0.4) is 0 Å². The number of aliphatic hydroxyl groups excluding tert-OH is 1. The van der Waals surface area contributed by atoms with E-state index in [1.165, 1.54) is 25.7 Å². The average Bonchev–Trinajstić information content (AvgIpc) is 2.22. The van der Waals surface area contributed by atoms with Crippen molar-refractivity contribution in [2.75, 3.05) is 6.61 Å². The predicted molar refractivity (Wildman–Crippen MR) is 77.8 cm³/mol. The van der Waals surface area contributed by atoms with E-state index < -0.39 is 8.32 Å². The van der Waals surface area contributed by atoms with E-state index in [4.69, 9.17) is 9.53 Å². The SMILES string of the molecule is CCCCCCC(CC=CCO)O[Si](C)(C)C. The summed E-state index contributed by atoms with van der Waals surface area (Å²) in [6.45, 7) is 9.08. The summed E-state index contributed by atoms with van der Waals surface area (Å²) in [5.74, 6) is 0. The fraction of sp³-hybridized carbons (Fsp3) is 0.857. The van der Waals surface area contributed by atoms with Crippen molar-refractivity contribution >= 4 is 8.32 Å². The summed E-state index contributed by atoms with van der Waals surface area (Å²) < 4.78 is 6.17. The van der Waals surface area contributed by atoms with Crippen LogP contribution in [-0.2, 0) is 4.43 Å². The van der Waals surface area contributed by atoms with Gasteiger partial charge < -0.3 is 9.53 Å². The number of unbranched alkanes of at least 4 members (excludes halogenated alkanes) is 3. The molecule has 0 aliphatic carbocycles. The zero-order valence-corrected chi connectivity index (χ0v) is 13.0. The highest BCUT2D eigenvalue weighted by Crippen LogP contribution is 2.17. The second-order valence-corrected chi connectivity index (χ2v) is 10.1. The van der Waals surface area contributed by atoms with E-state index in [1.54, 1.807) is 0 Å². The fourth-order valence-corrected chi connectivity index (χ4v) is 3.06. The van der Waals surface area contributed by atoms with Gasteiger partial charge >= 0.3 is 0 Å². The van der Waals surface area contributed by atoms with E-state index in [2.05, 4.69) is 26.6 Å². The summed E-state index contributed by atoms with van der Waals surface area (Å²) in [5, 5.41) is 8.74. The van der Waals surface area contributed by atoms with Crippen LogP contribution in [0.1, 0.15) is 45.4 Å². The first kappa shape index (κ1) is 16.9. The van der Waals surface area contributed by atoms with Crippen LogP contribution < -0.4 is 0 Å². The molecular formula is C14H30O2Si. The maximum absolute atomic E-state index is 8.74. The number of hydrogen-bond acceptors (Lipinski definition) is 2. The van der Waals surface area contributed by atoms with Gasteiger partial charge in [-0.25, -0.2) is 0 Å². The molecule has 0 radical (unpaired) electrons. The van der Waals surface area contributed by atoms with E-state index in [-0.39, 0.29) is 6.61 Å². The molecule has 0 amide bonds. The molecule has 102 valence electrons. The van der Waals surface area contributed by atoms with Gasteiger partial charge in [0.25, 0.3) is 0 Å². The van der Waals surface area contributed by atoms with Crippen LogP contribution in [0, 0.1) is 0 Å². The second kappa shape index (κ2) is 9.86. The third-order valence-electron chi connectivity index (χ3n) is 2.57. The monoisotopic (exact) mass is 258 g/mol. The minimum Gasteiger partial charge on any atom is -0.414 e. The maximum atomic E-state index is 8.74. The van der Waals surface area contributed by atoms with Crippen LogP contribution in [-0.4, -0.2) is 26.1 Å². The van der Waals surface area contributed by atoms with Gasteiger partial charge in [-0.2, -0.15) is 0 Å².